The smallest absolute Gasteiger partial charge is 0.260 e. The normalized spacial score (nSPS) is 28.9. The van der Waals surface area contributed by atoms with Crippen LogP contribution in [0.4, 0.5) is 0 Å². The van der Waals surface area contributed by atoms with Crippen molar-refractivity contribution in [1.82, 2.24) is 19.4 Å². The van der Waals surface area contributed by atoms with Crippen molar-refractivity contribution in [1.29, 1.82) is 0 Å². The second-order valence-electron chi connectivity index (χ2n) is 5.76. The molecule has 2 aliphatic rings. The van der Waals surface area contributed by atoms with Crippen molar-refractivity contribution in [2.75, 3.05) is 19.6 Å². The third-order valence-electron chi connectivity index (χ3n) is 4.47. The summed E-state index contributed by atoms with van der Waals surface area (Å²) < 4.78 is 28.4. The molecule has 0 amide bonds. The van der Waals surface area contributed by atoms with Crippen LogP contribution < -0.4 is 5.32 Å². The van der Waals surface area contributed by atoms with E-state index in [1.807, 2.05) is 0 Å². The van der Waals surface area contributed by atoms with Crippen molar-refractivity contribution in [2.45, 2.75) is 36.8 Å². The standard InChI is InChI=1S/C13H22N4O2S/c1-16-13(6-8-15-16)20(18,19)17-9-3-4-11(10-17)12-5-2-7-14-12/h6,8,11-12,14H,2-5,7,9-10H2,1H3. The Morgan fingerprint density at radius 1 is 1.35 bits per heavy atom. The molecule has 1 aromatic heterocycles. The zero-order chi connectivity index (χ0) is 14.2. The highest BCUT2D eigenvalue weighted by Gasteiger charge is 2.35. The van der Waals surface area contributed by atoms with Gasteiger partial charge in [0.25, 0.3) is 10.0 Å². The SMILES string of the molecule is Cn1nccc1S(=O)(=O)N1CCCC(C2CCCN2)C1. The van der Waals surface area contributed by atoms with Crippen molar-refractivity contribution in [3.8, 4) is 0 Å². The van der Waals surface area contributed by atoms with E-state index in [1.165, 1.54) is 23.7 Å². The van der Waals surface area contributed by atoms with Crippen molar-refractivity contribution >= 4 is 10.0 Å². The highest BCUT2D eigenvalue weighted by atomic mass is 32.2. The second kappa shape index (κ2) is 5.46. The molecular formula is C13H22N4O2S. The molecule has 3 rings (SSSR count). The monoisotopic (exact) mass is 298 g/mol. The average molecular weight is 298 g/mol. The highest BCUT2D eigenvalue weighted by Crippen LogP contribution is 2.28. The molecule has 0 radical (unpaired) electrons. The van der Waals surface area contributed by atoms with Crippen LogP contribution in [0.15, 0.2) is 17.3 Å². The lowest BCUT2D eigenvalue weighted by molar-refractivity contribution is 0.225. The van der Waals surface area contributed by atoms with Crippen LogP contribution in [0.3, 0.4) is 0 Å². The summed E-state index contributed by atoms with van der Waals surface area (Å²) in [6, 6.07) is 2.06. The van der Waals surface area contributed by atoms with Crippen LogP contribution in [-0.4, -0.2) is 48.2 Å². The first-order chi connectivity index (χ1) is 9.59. The van der Waals surface area contributed by atoms with Gasteiger partial charge in [0.05, 0.1) is 6.20 Å². The maximum absolute atomic E-state index is 12.7. The van der Waals surface area contributed by atoms with Gasteiger partial charge in [-0.25, -0.2) is 8.42 Å². The quantitative estimate of drug-likeness (QED) is 0.886. The Kier molecular flexibility index (Phi) is 3.83. The van der Waals surface area contributed by atoms with Crippen LogP contribution in [0, 0.1) is 5.92 Å². The van der Waals surface area contributed by atoms with Crippen LogP contribution in [0.2, 0.25) is 0 Å². The number of hydrogen-bond acceptors (Lipinski definition) is 4. The van der Waals surface area contributed by atoms with Gasteiger partial charge in [0.15, 0.2) is 5.03 Å². The van der Waals surface area contributed by atoms with Gasteiger partial charge in [-0.15, -0.1) is 0 Å². The number of nitrogens with zero attached hydrogens (tertiary/aromatic N) is 3. The molecule has 1 N–H and O–H groups in total. The molecule has 2 saturated heterocycles. The van der Waals surface area contributed by atoms with Crippen LogP contribution in [-0.2, 0) is 17.1 Å². The predicted molar refractivity (Wildman–Crippen MR) is 75.7 cm³/mol. The van der Waals surface area contributed by atoms with Crippen molar-refractivity contribution in [3.05, 3.63) is 12.3 Å². The van der Waals surface area contributed by atoms with E-state index in [9.17, 15) is 8.42 Å². The molecule has 112 valence electrons. The molecule has 20 heavy (non-hydrogen) atoms. The van der Waals surface area contributed by atoms with Gasteiger partial charge < -0.3 is 5.32 Å². The lowest BCUT2D eigenvalue weighted by Gasteiger charge is -2.34. The third kappa shape index (κ3) is 2.49. The minimum Gasteiger partial charge on any atom is -0.314 e. The summed E-state index contributed by atoms with van der Waals surface area (Å²) in [6.07, 6.45) is 5.97. The lowest BCUT2D eigenvalue weighted by Crippen LogP contribution is -2.46. The number of rotatable bonds is 3. The van der Waals surface area contributed by atoms with Crippen molar-refractivity contribution in [3.63, 3.8) is 0 Å². The van der Waals surface area contributed by atoms with E-state index in [-0.39, 0.29) is 5.03 Å². The number of hydrogen-bond donors (Lipinski definition) is 1. The van der Waals surface area contributed by atoms with Crippen LogP contribution in [0.5, 0.6) is 0 Å². The Morgan fingerprint density at radius 3 is 2.85 bits per heavy atom. The van der Waals surface area contributed by atoms with E-state index in [1.54, 1.807) is 17.4 Å². The molecule has 6 nitrogen and oxygen atoms in total. The van der Waals surface area contributed by atoms with E-state index in [2.05, 4.69) is 10.4 Å². The summed E-state index contributed by atoms with van der Waals surface area (Å²) in [5.74, 6) is 0.439. The number of aryl methyl sites for hydroxylation is 1. The van der Waals surface area contributed by atoms with E-state index < -0.39 is 10.0 Å². The van der Waals surface area contributed by atoms with Crippen LogP contribution >= 0.6 is 0 Å². The van der Waals surface area contributed by atoms with Gasteiger partial charge in [-0.1, -0.05) is 0 Å². The molecular weight excluding hydrogens is 276 g/mol. The molecule has 1 aromatic rings. The summed E-state index contributed by atoms with van der Waals surface area (Å²) in [6.45, 7) is 2.32. The molecule has 0 saturated carbocycles. The van der Waals surface area contributed by atoms with Crippen molar-refractivity contribution in [2.24, 2.45) is 13.0 Å². The molecule has 2 unspecified atom stereocenters. The Hall–Kier alpha value is -0.920. The summed E-state index contributed by atoms with van der Waals surface area (Å²) in [4.78, 5) is 0. The van der Waals surface area contributed by atoms with Gasteiger partial charge in [0.2, 0.25) is 0 Å². The van der Waals surface area contributed by atoms with E-state index in [0.717, 1.165) is 19.4 Å². The Labute approximate surface area is 120 Å². The lowest BCUT2D eigenvalue weighted by atomic mass is 9.91. The first kappa shape index (κ1) is 14.0. The summed E-state index contributed by atoms with van der Waals surface area (Å²) >= 11 is 0. The Bertz CT molecular complexity index is 563. The molecule has 0 bridgehead atoms. The number of nitrogens with one attached hydrogen (secondary N) is 1. The maximum Gasteiger partial charge on any atom is 0.260 e. The van der Waals surface area contributed by atoms with Gasteiger partial charge in [0.1, 0.15) is 0 Å². The third-order valence-corrected chi connectivity index (χ3v) is 6.41. The number of piperidine rings is 1. The molecule has 3 heterocycles. The van der Waals surface area contributed by atoms with Crippen LogP contribution in [0.25, 0.3) is 0 Å². The average Bonchev–Trinajstić information content (AvgIpc) is 3.10. The molecule has 7 heteroatoms. The molecule has 2 aliphatic heterocycles. The highest BCUT2D eigenvalue weighted by molar-refractivity contribution is 7.89. The molecule has 0 aromatic carbocycles. The van der Waals surface area contributed by atoms with Crippen LogP contribution in [0.1, 0.15) is 25.7 Å². The maximum atomic E-state index is 12.7. The first-order valence-corrected chi connectivity index (χ1v) is 8.74. The molecule has 2 atom stereocenters. The fourth-order valence-corrected chi connectivity index (χ4v) is 5.02. The minimum absolute atomic E-state index is 0.289. The van der Waals surface area contributed by atoms with Gasteiger partial charge in [-0.05, 0) is 44.2 Å². The zero-order valence-electron chi connectivity index (χ0n) is 11.8. The zero-order valence-corrected chi connectivity index (χ0v) is 12.6. The summed E-state index contributed by atoms with van der Waals surface area (Å²) in [7, 11) is -1.73. The van der Waals surface area contributed by atoms with E-state index >= 15 is 0 Å². The molecule has 2 fully saturated rings. The van der Waals surface area contributed by atoms with Crippen molar-refractivity contribution < 1.29 is 8.42 Å². The fourth-order valence-electron chi connectivity index (χ4n) is 3.38. The van der Waals surface area contributed by atoms with E-state index in [4.69, 9.17) is 0 Å². The van der Waals surface area contributed by atoms with Gasteiger partial charge in [-0.3, -0.25) is 4.68 Å². The topological polar surface area (TPSA) is 67.2 Å². The predicted octanol–water partition coefficient (Wildman–Crippen LogP) is 0.573. The molecule has 0 aliphatic carbocycles. The largest absolute Gasteiger partial charge is 0.314 e. The van der Waals surface area contributed by atoms with E-state index in [0.29, 0.717) is 25.0 Å². The Balaban J connectivity index is 1.78. The number of aromatic nitrogens is 2. The van der Waals surface area contributed by atoms with Gasteiger partial charge >= 0.3 is 0 Å². The molecule has 0 spiro atoms. The minimum atomic E-state index is -3.41. The fraction of sp³-hybridized carbons (Fsp3) is 0.769. The van der Waals surface area contributed by atoms with Gasteiger partial charge in [0, 0.05) is 26.2 Å². The Morgan fingerprint density at radius 2 is 2.20 bits per heavy atom. The summed E-state index contributed by atoms with van der Waals surface area (Å²) in [5, 5.41) is 7.77. The first-order valence-electron chi connectivity index (χ1n) is 7.30. The van der Waals surface area contributed by atoms with Gasteiger partial charge in [-0.2, -0.15) is 9.40 Å². The second-order valence-corrected chi connectivity index (χ2v) is 7.65. The number of sulfonamides is 1. The summed E-state index contributed by atoms with van der Waals surface area (Å²) in [5.41, 5.74) is 0.